The molecule has 4 aromatic rings. The maximum Gasteiger partial charge on any atom is 0.264 e. The molecule has 1 fully saturated rings. The third kappa shape index (κ3) is 8.61. The zero-order valence-electron chi connectivity index (χ0n) is 25.1. The number of benzene rings is 4. The van der Waals surface area contributed by atoms with Crippen molar-refractivity contribution in [3.8, 4) is 0 Å². The smallest absolute Gasteiger partial charge is 0.264 e. The van der Waals surface area contributed by atoms with Crippen LogP contribution in [-0.4, -0.2) is 43.8 Å². The van der Waals surface area contributed by atoms with Crippen LogP contribution in [0, 0.1) is 0 Å². The highest BCUT2D eigenvalue weighted by atomic mass is 79.9. The van der Waals surface area contributed by atoms with Crippen molar-refractivity contribution in [1.82, 2.24) is 10.2 Å². The molecule has 1 N–H and O–H groups in total. The van der Waals surface area contributed by atoms with Crippen LogP contribution in [0.15, 0.2) is 125 Å². The molecule has 0 aliphatic heterocycles. The van der Waals surface area contributed by atoms with Crippen LogP contribution in [0.25, 0.3) is 0 Å². The van der Waals surface area contributed by atoms with E-state index in [0.717, 1.165) is 52.0 Å². The van der Waals surface area contributed by atoms with Crippen molar-refractivity contribution in [2.75, 3.05) is 10.8 Å². The Balaban J connectivity index is 1.54. The number of sulfonamides is 1. The summed E-state index contributed by atoms with van der Waals surface area (Å²) in [6, 6.07) is 33.1. The van der Waals surface area contributed by atoms with Crippen LogP contribution in [0.1, 0.15) is 43.2 Å². The zero-order valence-corrected chi connectivity index (χ0v) is 27.5. The fraction of sp³-hybridized carbons (Fsp3) is 0.278. The fourth-order valence-electron chi connectivity index (χ4n) is 5.73. The summed E-state index contributed by atoms with van der Waals surface area (Å²) in [5, 5.41) is 3.24. The summed E-state index contributed by atoms with van der Waals surface area (Å²) >= 11 is 3.48. The first-order chi connectivity index (χ1) is 21.8. The number of para-hydroxylation sites is 1. The predicted molar refractivity (Wildman–Crippen MR) is 181 cm³/mol. The molecule has 0 saturated heterocycles. The van der Waals surface area contributed by atoms with E-state index in [-0.39, 0.29) is 23.4 Å². The van der Waals surface area contributed by atoms with E-state index in [9.17, 15) is 18.0 Å². The van der Waals surface area contributed by atoms with Crippen molar-refractivity contribution >= 4 is 43.5 Å². The summed E-state index contributed by atoms with van der Waals surface area (Å²) in [6.45, 7) is -0.338. The van der Waals surface area contributed by atoms with Gasteiger partial charge in [-0.3, -0.25) is 13.9 Å². The second-order valence-corrected chi connectivity index (χ2v) is 14.1. The number of rotatable bonds is 12. The maximum absolute atomic E-state index is 14.5. The largest absolute Gasteiger partial charge is 0.352 e. The second-order valence-electron chi connectivity index (χ2n) is 11.4. The Bertz CT molecular complexity index is 1650. The Morgan fingerprint density at radius 1 is 0.756 bits per heavy atom. The third-order valence-corrected chi connectivity index (χ3v) is 10.5. The molecule has 1 atom stereocenters. The van der Waals surface area contributed by atoms with E-state index >= 15 is 0 Å². The Morgan fingerprint density at radius 2 is 1.33 bits per heavy atom. The molecule has 1 saturated carbocycles. The van der Waals surface area contributed by atoms with Gasteiger partial charge in [-0.05, 0) is 60.4 Å². The van der Waals surface area contributed by atoms with Gasteiger partial charge in [-0.1, -0.05) is 114 Å². The molecule has 0 heterocycles. The van der Waals surface area contributed by atoms with Crippen LogP contribution in [0.3, 0.4) is 0 Å². The lowest BCUT2D eigenvalue weighted by Gasteiger charge is -2.35. The Kier molecular flexibility index (Phi) is 11.1. The van der Waals surface area contributed by atoms with E-state index in [1.54, 1.807) is 53.4 Å². The van der Waals surface area contributed by atoms with Gasteiger partial charge in [0.15, 0.2) is 0 Å². The van der Waals surface area contributed by atoms with Gasteiger partial charge in [0.05, 0.1) is 10.6 Å². The second kappa shape index (κ2) is 15.4. The molecule has 234 valence electrons. The van der Waals surface area contributed by atoms with Crippen molar-refractivity contribution in [1.29, 1.82) is 0 Å². The molecule has 5 rings (SSSR count). The molecule has 4 aromatic carbocycles. The number of halogens is 1. The minimum Gasteiger partial charge on any atom is -0.352 e. The lowest BCUT2D eigenvalue weighted by molar-refractivity contribution is -0.140. The lowest BCUT2D eigenvalue weighted by atomic mass is 9.94. The number of carbonyl (C=O) groups excluding carboxylic acids is 2. The molecule has 45 heavy (non-hydrogen) atoms. The Hall–Kier alpha value is -3.95. The summed E-state index contributed by atoms with van der Waals surface area (Å²) in [6.07, 6.45) is 5.36. The normalized spacial score (nSPS) is 14.3. The summed E-state index contributed by atoms with van der Waals surface area (Å²) < 4.78 is 30.1. The molecule has 1 aliphatic rings. The summed E-state index contributed by atoms with van der Waals surface area (Å²) in [5.74, 6) is -0.700. The maximum atomic E-state index is 14.5. The van der Waals surface area contributed by atoms with E-state index in [2.05, 4.69) is 21.2 Å². The summed E-state index contributed by atoms with van der Waals surface area (Å²) in [4.78, 5) is 30.3. The van der Waals surface area contributed by atoms with E-state index in [4.69, 9.17) is 0 Å². The number of hydrogen-bond acceptors (Lipinski definition) is 4. The number of nitrogens with one attached hydrogen (secondary N) is 1. The van der Waals surface area contributed by atoms with Crippen LogP contribution < -0.4 is 9.62 Å². The Morgan fingerprint density at radius 3 is 1.96 bits per heavy atom. The van der Waals surface area contributed by atoms with Crippen LogP contribution in [0.5, 0.6) is 0 Å². The first-order valence-corrected chi connectivity index (χ1v) is 17.6. The minimum atomic E-state index is -4.11. The van der Waals surface area contributed by atoms with Gasteiger partial charge in [-0.2, -0.15) is 0 Å². The van der Waals surface area contributed by atoms with Crippen molar-refractivity contribution in [3.05, 3.63) is 131 Å². The van der Waals surface area contributed by atoms with Gasteiger partial charge in [-0.25, -0.2) is 8.42 Å². The van der Waals surface area contributed by atoms with Gasteiger partial charge < -0.3 is 10.2 Å². The van der Waals surface area contributed by atoms with Gasteiger partial charge in [0.25, 0.3) is 10.0 Å². The zero-order chi connectivity index (χ0) is 31.6. The summed E-state index contributed by atoms with van der Waals surface area (Å²) in [5.41, 5.74) is 2.10. The van der Waals surface area contributed by atoms with Gasteiger partial charge in [0.1, 0.15) is 12.6 Å². The Labute approximate surface area is 274 Å². The van der Waals surface area contributed by atoms with Gasteiger partial charge >= 0.3 is 0 Å². The molecule has 1 aliphatic carbocycles. The molecule has 7 nitrogen and oxygen atoms in total. The predicted octanol–water partition coefficient (Wildman–Crippen LogP) is 6.73. The lowest BCUT2D eigenvalue weighted by Crippen LogP contribution is -2.55. The van der Waals surface area contributed by atoms with E-state index in [1.807, 2.05) is 54.6 Å². The highest BCUT2D eigenvalue weighted by Crippen LogP contribution is 2.25. The minimum absolute atomic E-state index is 0.0495. The molecular formula is C36H38BrN3O4S. The number of anilines is 1. The molecule has 0 spiro atoms. The van der Waals surface area contributed by atoms with Gasteiger partial charge in [0, 0.05) is 23.5 Å². The molecule has 0 radical (unpaired) electrons. The molecular weight excluding hydrogens is 650 g/mol. The van der Waals surface area contributed by atoms with Gasteiger partial charge in [0.2, 0.25) is 11.8 Å². The first kappa shape index (κ1) is 32.4. The van der Waals surface area contributed by atoms with Crippen molar-refractivity contribution in [2.24, 2.45) is 0 Å². The quantitative estimate of drug-likeness (QED) is 0.179. The van der Waals surface area contributed by atoms with Crippen molar-refractivity contribution in [3.63, 3.8) is 0 Å². The average Bonchev–Trinajstić information content (AvgIpc) is 3.07. The molecule has 0 unspecified atom stereocenters. The topological polar surface area (TPSA) is 86.8 Å². The molecule has 0 bridgehead atoms. The average molecular weight is 689 g/mol. The molecule has 0 aromatic heterocycles. The number of amides is 2. The third-order valence-electron chi connectivity index (χ3n) is 8.14. The number of hydrogen-bond donors (Lipinski definition) is 1. The summed E-state index contributed by atoms with van der Waals surface area (Å²) in [7, 11) is -4.11. The SMILES string of the molecule is O=C(NC1CCCCC1)[C@@H](Cc1ccccc1)N(Cc1ccc(Br)cc1)C(=O)CN(c1ccccc1)S(=O)(=O)c1ccccc1. The number of carbonyl (C=O) groups is 2. The van der Waals surface area contributed by atoms with E-state index in [0.29, 0.717) is 12.1 Å². The highest BCUT2D eigenvalue weighted by Gasteiger charge is 2.35. The monoisotopic (exact) mass is 687 g/mol. The standard InChI is InChI=1S/C36H38BrN3O4S/c37-30-23-21-29(22-24-30)26-39(34(25-28-13-5-1-6-14-28)36(42)38-31-15-7-2-8-16-31)35(41)27-40(32-17-9-3-10-18-32)45(43,44)33-19-11-4-12-20-33/h1,3-6,9-14,17-24,31,34H,2,7-8,15-16,25-27H2,(H,38,42)/t34-/m1/s1. The van der Waals surface area contributed by atoms with Gasteiger partial charge in [-0.15, -0.1) is 0 Å². The first-order valence-electron chi connectivity index (χ1n) is 15.3. The number of nitrogens with zero attached hydrogens (tertiary/aromatic N) is 2. The van der Waals surface area contributed by atoms with Crippen LogP contribution in [-0.2, 0) is 32.6 Å². The highest BCUT2D eigenvalue weighted by molar-refractivity contribution is 9.10. The van der Waals surface area contributed by atoms with Crippen LogP contribution >= 0.6 is 15.9 Å². The van der Waals surface area contributed by atoms with E-state index in [1.165, 1.54) is 12.1 Å². The fourth-order valence-corrected chi connectivity index (χ4v) is 7.43. The van der Waals surface area contributed by atoms with Crippen LogP contribution in [0.4, 0.5) is 5.69 Å². The van der Waals surface area contributed by atoms with Crippen LogP contribution in [0.2, 0.25) is 0 Å². The van der Waals surface area contributed by atoms with E-state index < -0.39 is 28.5 Å². The molecule has 2 amide bonds. The van der Waals surface area contributed by atoms with Crippen molar-refractivity contribution < 1.29 is 18.0 Å². The van der Waals surface area contributed by atoms with Crippen molar-refractivity contribution in [2.45, 2.75) is 62.0 Å². The molecule has 9 heteroatoms.